The first-order valence-corrected chi connectivity index (χ1v) is 8.68. The van der Waals surface area contributed by atoms with Crippen LogP contribution in [0.15, 0.2) is 24.3 Å². The average molecular weight is 364 g/mol. The number of carbonyl (C=O) groups is 2. The number of aliphatic carboxylic acids is 1. The second-order valence-corrected chi connectivity index (χ2v) is 6.90. The van der Waals surface area contributed by atoms with Crippen LogP contribution in [0.5, 0.6) is 0 Å². The summed E-state index contributed by atoms with van der Waals surface area (Å²) in [6.45, 7) is 0.801. The molecule has 0 atom stereocenters. The van der Waals surface area contributed by atoms with Gasteiger partial charge in [0.2, 0.25) is 5.13 Å². The lowest BCUT2D eigenvalue weighted by Crippen LogP contribution is -2.42. The molecule has 25 heavy (non-hydrogen) atoms. The molecule has 1 saturated heterocycles. The molecule has 132 valence electrons. The molecule has 0 spiro atoms. The molecular weight excluding hydrogens is 347 g/mol. The van der Waals surface area contributed by atoms with Crippen molar-refractivity contribution in [3.05, 3.63) is 40.7 Å². The van der Waals surface area contributed by atoms with E-state index in [1.54, 1.807) is 17.0 Å². The van der Waals surface area contributed by atoms with Crippen LogP contribution in [0.2, 0.25) is 0 Å². The third-order valence-corrected chi connectivity index (χ3v) is 4.90. The van der Waals surface area contributed by atoms with Crippen molar-refractivity contribution in [3.8, 4) is 0 Å². The predicted molar refractivity (Wildman–Crippen MR) is 90.1 cm³/mol. The van der Waals surface area contributed by atoms with Gasteiger partial charge >= 0.3 is 12.0 Å². The number of nitrogens with one attached hydrogen (secondary N) is 1. The Morgan fingerprint density at radius 3 is 2.76 bits per heavy atom. The molecule has 1 fully saturated rings. The lowest BCUT2D eigenvalue weighted by atomic mass is 9.97. The van der Waals surface area contributed by atoms with Crippen LogP contribution < -0.4 is 5.32 Å². The van der Waals surface area contributed by atoms with Gasteiger partial charge in [-0.2, -0.15) is 0 Å². The minimum Gasteiger partial charge on any atom is -0.481 e. The van der Waals surface area contributed by atoms with Gasteiger partial charge in [-0.25, -0.2) is 9.18 Å². The number of urea groups is 1. The van der Waals surface area contributed by atoms with E-state index in [1.165, 1.54) is 23.5 Å². The Balaban J connectivity index is 1.54. The number of amides is 2. The molecule has 0 radical (unpaired) electrons. The summed E-state index contributed by atoms with van der Waals surface area (Å²) in [5.41, 5.74) is 0.782. The Labute approximate surface area is 147 Å². The Morgan fingerprint density at radius 2 is 2.08 bits per heavy atom. The summed E-state index contributed by atoms with van der Waals surface area (Å²) in [4.78, 5) is 24.7. The van der Waals surface area contributed by atoms with Crippen molar-refractivity contribution in [1.29, 1.82) is 0 Å². The molecule has 1 aromatic heterocycles. The van der Waals surface area contributed by atoms with E-state index < -0.39 is 5.97 Å². The van der Waals surface area contributed by atoms with E-state index in [1.807, 2.05) is 0 Å². The third-order valence-electron chi connectivity index (χ3n) is 4.06. The highest BCUT2D eigenvalue weighted by molar-refractivity contribution is 7.15. The van der Waals surface area contributed by atoms with Crippen molar-refractivity contribution in [1.82, 2.24) is 15.1 Å². The molecule has 9 heteroatoms. The van der Waals surface area contributed by atoms with Gasteiger partial charge in [0, 0.05) is 19.5 Å². The molecule has 7 nitrogen and oxygen atoms in total. The summed E-state index contributed by atoms with van der Waals surface area (Å²) >= 11 is 1.23. The first kappa shape index (κ1) is 17.3. The lowest BCUT2D eigenvalue weighted by Gasteiger charge is -2.29. The number of hydrogen-bond donors (Lipinski definition) is 2. The zero-order chi connectivity index (χ0) is 17.8. The lowest BCUT2D eigenvalue weighted by molar-refractivity contribution is -0.143. The van der Waals surface area contributed by atoms with E-state index in [-0.39, 0.29) is 17.8 Å². The fraction of sp³-hybridized carbons (Fsp3) is 0.375. The number of aromatic nitrogens is 2. The van der Waals surface area contributed by atoms with Gasteiger partial charge < -0.3 is 10.0 Å². The fourth-order valence-electron chi connectivity index (χ4n) is 2.70. The van der Waals surface area contributed by atoms with Crippen LogP contribution in [-0.4, -0.2) is 45.3 Å². The van der Waals surface area contributed by atoms with Crippen molar-refractivity contribution in [2.45, 2.75) is 19.3 Å². The maximum absolute atomic E-state index is 13.2. The monoisotopic (exact) mass is 364 g/mol. The zero-order valence-corrected chi connectivity index (χ0v) is 14.1. The minimum absolute atomic E-state index is 0.305. The molecule has 2 heterocycles. The van der Waals surface area contributed by atoms with E-state index in [9.17, 15) is 14.0 Å². The smallest absolute Gasteiger partial charge is 0.323 e. The maximum atomic E-state index is 13.2. The molecule has 0 bridgehead atoms. The highest BCUT2D eigenvalue weighted by Gasteiger charge is 2.27. The van der Waals surface area contributed by atoms with E-state index in [0.29, 0.717) is 42.5 Å². The van der Waals surface area contributed by atoms with Crippen molar-refractivity contribution < 1.29 is 19.1 Å². The van der Waals surface area contributed by atoms with Crippen LogP contribution in [0.3, 0.4) is 0 Å². The normalized spacial score (nSPS) is 15.2. The number of hydrogen-bond acceptors (Lipinski definition) is 5. The van der Waals surface area contributed by atoms with Gasteiger partial charge in [-0.1, -0.05) is 23.5 Å². The van der Waals surface area contributed by atoms with Crippen LogP contribution in [0.25, 0.3) is 0 Å². The van der Waals surface area contributed by atoms with Crippen LogP contribution in [0, 0.1) is 11.7 Å². The van der Waals surface area contributed by atoms with Gasteiger partial charge in [0.05, 0.1) is 5.92 Å². The van der Waals surface area contributed by atoms with Crippen LogP contribution in [0.1, 0.15) is 23.4 Å². The Morgan fingerprint density at radius 1 is 1.32 bits per heavy atom. The highest BCUT2D eigenvalue weighted by Crippen LogP contribution is 2.21. The van der Waals surface area contributed by atoms with E-state index in [4.69, 9.17) is 5.11 Å². The number of halogens is 1. The number of likely N-dealkylation sites (tertiary alicyclic amines) is 1. The molecule has 1 aromatic carbocycles. The summed E-state index contributed by atoms with van der Waals surface area (Å²) in [6, 6.07) is 5.94. The second-order valence-electron chi connectivity index (χ2n) is 5.84. The van der Waals surface area contributed by atoms with Gasteiger partial charge in [-0.05, 0) is 30.5 Å². The van der Waals surface area contributed by atoms with Gasteiger partial charge in [0.15, 0.2) is 0 Å². The number of piperidine rings is 1. The van der Waals surface area contributed by atoms with Crippen LogP contribution in [0.4, 0.5) is 14.3 Å². The first-order valence-electron chi connectivity index (χ1n) is 7.87. The summed E-state index contributed by atoms with van der Waals surface area (Å²) < 4.78 is 13.2. The summed E-state index contributed by atoms with van der Waals surface area (Å²) in [6.07, 6.45) is 1.34. The largest absolute Gasteiger partial charge is 0.481 e. The van der Waals surface area contributed by atoms with Crippen LogP contribution >= 0.6 is 11.3 Å². The summed E-state index contributed by atoms with van der Waals surface area (Å²) in [5.74, 6) is -1.50. The van der Waals surface area contributed by atoms with Crippen molar-refractivity contribution in [2.75, 3.05) is 18.4 Å². The zero-order valence-electron chi connectivity index (χ0n) is 13.3. The number of benzene rings is 1. The highest BCUT2D eigenvalue weighted by atomic mass is 32.1. The quantitative estimate of drug-likeness (QED) is 0.869. The topological polar surface area (TPSA) is 95.4 Å². The standard InChI is InChI=1S/C16H17FN4O3S/c17-12-3-1-2-10(8-12)9-13-19-20-15(25-13)18-16(24)21-6-4-11(5-7-21)14(22)23/h1-3,8,11H,4-7,9H2,(H,22,23)(H,18,20,24). The molecule has 0 aliphatic carbocycles. The SMILES string of the molecule is O=C(O)C1CCN(C(=O)Nc2nnc(Cc3cccc(F)c3)s2)CC1. The molecular formula is C16H17FN4O3S. The molecule has 2 amide bonds. The number of carbonyl (C=O) groups excluding carboxylic acids is 1. The Hall–Kier alpha value is -2.55. The predicted octanol–water partition coefficient (Wildman–Crippen LogP) is 2.60. The third kappa shape index (κ3) is 4.50. The van der Waals surface area contributed by atoms with Gasteiger partial charge in [-0.15, -0.1) is 10.2 Å². The van der Waals surface area contributed by atoms with Gasteiger partial charge in [0.1, 0.15) is 10.8 Å². The number of anilines is 1. The van der Waals surface area contributed by atoms with E-state index in [0.717, 1.165) is 5.56 Å². The Bertz CT molecular complexity index is 774. The number of rotatable bonds is 4. The van der Waals surface area contributed by atoms with E-state index >= 15 is 0 Å². The Kier molecular flexibility index (Phi) is 5.22. The minimum atomic E-state index is -0.814. The van der Waals surface area contributed by atoms with Crippen molar-refractivity contribution >= 4 is 28.5 Å². The van der Waals surface area contributed by atoms with Gasteiger partial charge in [-0.3, -0.25) is 10.1 Å². The van der Waals surface area contributed by atoms with Crippen molar-refractivity contribution in [2.24, 2.45) is 5.92 Å². The summed E-state index contributed by atoms with van der Waals surface area (Å²) in [7, 11) is 0. The second kappa shape index (κ2) is 7.56. The molecule has 0 unspecified atom stereocenters. The molecule has 1 aliphatic rings. The van der Waals surface area contributed by atoms with Gasteiger partial charge in [0.25, 0.3) is 0 Å². The molecule has 1 aliphatic heterocycles. The molecule has 2 aromatic rings. The molecule has 0 saturated carbocycles. The summed E-state index contributed by atoms with van der Waals surface area (Å²) in [5, 5.41) is 20.7. The number of nitrogens with zero attached hydrogens (tertiary/aromatic N) is 3. The molecule has 2 N–H and O–H groups in total. The number of carboxylic acid groups (broad SMARTS) is 1. The van der Waals surface area contributed by atoms with E-state index in [2.05, 4.69) is 15.5 Å². The average Bonchev–Trinajstić information content (AvgIpc) is 3.01. The number of carboxylic acids is 1. The first-order chi connectivity index (χ1) is 12.0. The fourth-order valence-corrected chi connectivity index (χ4v) is 3.46. The van der Waals surface area contributed by atoms with Crippen LogP contribution in [-0.2, 0) is 11.2 Å². The maximum Gasteiger partial charge on any atom is 0.323 e. The molecule has 3 rings (SSSR count). The van der Waals surface area contributed by atoms with Crippen molar-refractivity contribution in [3.63, 3.8) is 0 Å².